The highest BCUT2D eigenvalue weighted by Crippen LogP contribution is 2.70. The molecule has 1 aromatic carbocycles. The van der Waals surface area contributed by atoms with Crippen molar-refractivity contribution in [3.63, 3.8) is 0 Å². The van der Waals surface area contributed by atoms with Crippen molar-refractivity contribution in [1.82, 2.24) is 48.6 Å². The second-order valence-corrected chi connectivity index (χ2v) is 17.2. The number of piperidine rings is 1. The van der Waals surface area contributed by atoms with Gasteiger partial charge in [-0.05, 0) is 56.2 Å². The van der Waals surface area contributed by atoms with E-state index >= 15 is 0 Å². The van der Waals surface area contributed by atoms with Gasteiger partial charge in [0.1, 0.15) is 29.1 Å². The number of anilines is 2. The molecule has 0 bridgehead atoms. The van der Waals surface area contributed by atoms with Crippen molar-refractivity contribution in [3.8, 4) is 11.8 Å². The first-order chi connectivity index (χ1) is 29.6. The summed E-state index contributed by atoms with van der Waals surface area (Å²) in [5, 5.41) is 13.6. The van der Waals surface area contributed by atoms with Gasteiger partial charge in [0.15, 0.2) is 11.3 Å². The molecule has 3 amide bonds. The van der Waals surface area contributed by atoms with Crippen molar-refractivity contribution in [2.24, 2.45) is 13.0 Å². The first-order valence-electron chi connectivity index (χ1n) is 21.0. The van der Waals surface area contributed by atoms with Crippen LogP contribution < -0.4 is 21.2 Å². The number of morpholine rings is 1. The van der Waals surface area contributed by atoms with E-state index in [2.05, 4.69) is 47.4 Å². The van der Waals surface area contributed by atoms with Gasteiger partial charge in [-0.25, -0.2) is 23.1 Å². The maximum atomic E-state index is 14.3. The fourth-order valence-corrected chi connectivity index (χ4v) is 10.1. The molecule has 4 aromatic heterocycles. The summed E-state index contributed by atoms with van der Waals surface area (Å²) in [5.74, 6) is 6.42. The molecule has 6 fully saturated rings. The van der Waals surface area contributed by atoms with E-state index in [0.29, 0.717) is 40.7 Å². The Labute approximate surface area is 347 Å². The number of nitrogens with one attached hydrogen (secondary N) is 2. The number of epoxide rings is 1. The number of benzene rings is 1. The SMILES string of the molecule is Cn1c(=O)n(C2CCC(=O)NC2=O)c2cccc(C#CCN3CCN(CC4CCC(n5cc(NC(=O)c6cnn7ccc(N8CC9%10OC9C8%10)nc67)c(C(F)F)n5)CC4)CC3)c21. The first kappa shape index (κ1) is 38.0. The number of para-hydroxylation sites is 1. The third-order valence-electron chi connectivity index (χ3n) is 13.6. The molecule has 4 aliphatic heterocycles. The lowest BCUT2D eigenvalue weighted by Crippen LogP contribution is -2.52. The Balaban J connectivity index is 0.673. The van der Waals surface area contributed by atoms with Crippen LogP contribution in [0.5, 0.6) is 0 Å². The molecule has 5 aromatic rings. The van der Waals surface area contributed by atoms with Gasteiger partial charge in [-0.2, -0.15) is 10.2 Å². The smallest absolute Gasteiger partial charge is 0.329 e. The van der Waals surface area contributed by atoms with E-state index < -0.39 is 30.0 Å². The minimum Gasteiger partial charge on any atom is -0.359 e. The number of carbonyl (C=O) groups is 3. The van der Waals surface area contributed by atoms with E-state index in [-0.39, 0.29) is 53.4 Å². The molecule has 4 atom stereocenters. The fraction of sp³-hybridized carbons (Fsp3) is 0.500. The van der Waals surface area contributed by atoms with Crippen molar-refractivity contribution in [1.29, 1.82) is 0 Å². The second kappa shape index (κ2) is 14.3. The Hall–Kier alpha value is -5.97. The number of hydrogen-bond donors (Lipinski definition) is 2. The van der Waals surface area contributed by atoms with Gasteiger partial charge in [0.05, 0.1) is 53.7 Å². The predicted octanol–water partition coefficient (Wildman–Crippen LogP) is 2.49. The average molecular weight is 835 g/mol. The lowest BCUT2D eigenvalue weighted by molar-refractivity contribution is -0.135. The number of halogens is 2. The molecule has 316 valence electrons. The van der Waals surface area contributed by atoms with E-state index in [1.807, 2.05) is 24.3 Å². The Bertz CT molecular complexity index is 2750. The third-order valence-corrected chi connectivity index (χ3v) is 13.6. The Morgan fingerprint density at radius 2 is 1.87 bits per heavy atom. The van der Waals surface area contributed by atoms with E-state index in [1.165, 1.54) is 26.0 Å². The van der Waals surface area contributed by atoms with Crippen LogP contribution in [-0.4, -0.2) is 125 Å². The molecule has 4 saturated heterocycles. The third kappa shape index (κ3) is 6.41. The van der Waals surface area contributed by atoms with E-state index in [4.69, 9.17) is 9.72 Å². The fourth-order valence-electron chi connectivity index (χ4n) is 10.1. The van der Waals surface area contributed by atoms with Crippen LogP contribution in [0.1, 0.15) is 78.6 Å². The Kier molecular flexibility index (Phi) is 8.91. The maximum Gasteiger partial charge on any atom is 0.329 e. The predicted molar refractivity (Wildman–Crippen MR) is 216 cm³/mol. The zero-order valence-electron chi connectivity index (χ0n) is 33.5. The van der Waals surface area contributed by atoms with Crippen LogP contribution in [0.25, 0.3) is 16.7 Å². The molecule has 6 aliphatic rings. The standard InChI is InChI=1S/C42H44F2N12O5/c1-50-34-25(4-2-6-29(34)56(41(50)60)30-11-12-32(57)48-40(30)59)5-3-14-51-16-18-52(19-17-51)21-24-7-9-26(10-8-24)55-22-28(33(49-55)37(43)44)46-39(58)27-20-45-54-15-13-31(47-38(27)54)53-23-42-35(53)36(42)61-42/h2,4,6,13,15,20,22,24,26,30,35-37H,7-12,14,16-19,21,23H2,1H3,(H,46,58)(H,48,57,59). The van der Waals surface area contributed by atoms with Crippen molar-refractivity contribution in [2.45, 2.75) is 74.8 Å². The lowest BCUT2D eigenvalue weighted by atomic mass is 9.85. The molecule has 0 radical (unpaired) electrons. The van der Waals surface area contributed by atoms with Crippen LogP contribution in [0.15, 0.2) is 47.7 Å². The number of alkyl halides is 2. The molecule has 2 saturated carbocycles. The number of ether oxygens (including phenoxy) is 1. The summed E-state index contributed by atoms with van der Waals surface area (Å²) in [7, 11) is 1.68. The summed E-state index contributed by atoms with van der Waals surface area (Å²) < 4.78 is 40.2. The molecular weight excluding hydrogens is 791 g/mol. The van der Waals surface area contributed by atoms with Crippen molar-refractivity contribution in [2.75, 3.05) is 56.0 Å². The van der Waals surface area contributed by atoms with Gasteiger partial charge >= 0.3 is 5.69 Å². The van der Waals surface area contributed by atoms with E-state index in [1.54, 1.807) is 17.9 Å². The summed E-state index contributed by atoms with van der Waals surface area (Å²) >= 11 is 0. The monoisotopic (exact) mass is 834 g/mol. The number of aryl methyl sites for hydroxylation is 1. The molecule has 17 nitrogen and oxygen atoms in total. The summed E-state index contributed by atoms with van der Waals surface area (Å²) in [6.07, 6.45) is 6.07. The average Bonchev–Trinajstić information content (AvgIpc) is 3.79. The van der Waals surface area contributed by atoms with Crippen LogP contribution in [0, 0.1) is 17.8 Å². The molecule has 2 aliphatic carbocycles. The molecular formula is C42H44F2N12O5. The van der Waals surface area contributed by atoms with Crippen molar-refractivity contribution >= 4 is 45.9 Å². The number of carbonyl (C=O) groups excluding carboxylic acids is 3. The van der Waals surface area contributed by atoms with Crippen molar-refractivity contribution in [3.05, 3.63) is 70.2 Å². The summed E-state index contributed by atoms with van der Waals surface area (Å²) in [6.45, 7) is 5.90. The van der Waals surface area contributed by atoms with Gasteiger partial charge in [-0.3, -0.25) is 38.4 Å². The van der Waals surface area contributed by atoms with Gasteiger partial charge < -0.3 is 19.9 Å². The highest BCUT2D eigenvalue weighted by Gasteiger charge is 2.91. The number of imidazole rings is 1. The Morgan fingerprint density at radius 3 is 2.59 bits per heavy atom. The second-order valence-electron chi connectivity index (χ2n) is 17.2. The number of hydrogen-bond acceptors (Lipinski definition) is 11. The number of piperazine rings is 1. The minimum absolute atomic E-state index is 0.00775. The zero-order valence-corrected chi connectivity index (χ0v) is 33.5. The molecule has 1 spiro atoms. The molecule has 19 heteroatoms. The Morgan fingerprint density at radius 1 is 1.07 bits per heavy atom. The van der Waals surface area contributed by atoms with Gasteiger partial charge in [0.25, 0.3) is 12.3 Å². The van der Waals surface area contributed by atoms with Crippen LogP contribution in [0.3, 0.4) is 0 Å². The number of imide groups is 1. The topological polar surface area (TPSA) is 172 Å². The van der Waals surface area contributed by atoms with Gasteiger partial charge in [0.2, 0.25) is 11.8 Å². The zero-order chi connectivity index (χ0) is 41.7. The summed E-state index contributed by atoms with van der Waals surface area (Å²) in [5.41, 5.74) is 1.78. The minimum atomic E-state index is -2.86. The number of amides is 3. The summed E-state index contributed by atoms with van der Waals surface area (Å²) in [6, 6.07) is 6.92. The first-order valence-corrected chi connectivity index (χ1v) is 21.0. The number of rotatable bonds is 9. The van der Waals surface area contributed by atoms with Crippen molar-refractivity contribution < 1.29 is 27.9 Å². The van der Waals surface area contributed by atoms with Crippen LogP contribution in [-0.2, 0) is 21.4 Å². The molecule has 61 heavy (non-hydrogen) atoms. The van der Waals surface area contributed by atoms with E-state index in [0.717, 1.165) is 70.8 Å². The molecule has 2 N–H and O–H groups in total. The quantitative estimate of drug-likeness (QED) is 0.127. The number of fused-ring (bicyclic) bond motifs is 3. The van der Waals surface area contributed by atoms with E-state index in [9.17, 15) is 28.0 Å². The van der Waals surface area contributed by atoms with Crippen LogP contribution >= 0.6 is 0 Å². The largest absolute Gasteiger partial charge is 0.359 e. The number of nitrogens with zero attached hydrogens (tertiary/aromatic N) is 10. The highest BCUT2D eigenvalue weighted by atomic mass is 19.3. The van der Waals surface area contributed by atoms with Gasteiger partial charge in [-0.1, -0.05) is 17.9 Å². The number of aromatic nitrogens is 7. The summed E-state index contributed by atoms with van der Waals surface area (Å²) in [4.78, 5) is 62.7. The molecule has 4 unspecified atom stereocenters. The van der Waals surface area contributed by atoms with Crippen LogP contribution in [0.2, 0.25) is 0 Å². The maximum absolute atomic E-state index is 14.3. The normalized spacial score (nSPS) is 27.3. The van der Waals surface area contributed by atoms with Crippen LogP contribution in [0.4, 0.5) is 20.3 Å². The van der Waals surface area contributed by atoms with Gasteiger partial charge in [-0.15, -0.1) is 0 Å². The molecule has 11 rings (SSSR count). The van der Waals surface area contributed by atoms with Gasteiger partial charge in [0, 0.05) is 58.6 Å². The molecule has 8 heterocycles. The highest BCUT2D eigenvalue weighted by molar-refractivity contribution is 6.08. The lowest BCUT2D eigenvalue weighted by Gasteiger charge is -2.37.